The van der Waals surface area contributed by atoms with Crippen molar-refractivity contribution in [2.75, 3.05) is 11.1 Å². The van der Waals surface area contributed by atoms with Gasteiger partial charge in [0.1, 0.15) is 5.69 Å². The monoisotopic (exact) mass is 383 g/mol. The molecule has 11 heteroatoms. The van der Waals surface area contributed by atoms with Gasteiger partial charge in [0.15, 0.2) is 22.6 Å². The lowest BCUT2D eigenvalue weighted by Crippen LogP contribution is -2.33. The van der Waals surface area contributed by atoms with Gasteiger partial charge in [-0.3, -0.25) is 14.6 Å². The molecule has 1 aromatic carbocycles. The molecule has 0 saturated heterocycles. The minimum Gasteiger partial charge on any atom is -0.549 e. The number of nitrogen functional groups attached to an aromatic ring is 1. The van der Waals surface area contributed by atoms with Crippen LogP contribution >= 0.6 is 11.8 Å². The van der Waals surface area contributed by atoms with Gasteiger partial charge in [-0.1, -0.05) is 18.7 Å². The Morgan fingerprint density at radius 2 is 2.08 bits per heavy atom. The SMILES string of the molecule is CC[C@H](Sc1nc(N)c(NC(=O)c2ccc(F)c(F)c2)c(=O)[nH]1)C(=O)[O-]. The molecule has 1 aromatic heterocycles. The zero-order valence-electron chi connectivity index (χ0n) is 13.3. The number of halogens is 2. The first-order valence-corrected chi connectivity index (χ1v) is 8.14. The molecule has 8 nitrogen and oxygen atoms in total. The van der Waals surface area contributed by atoms with E-state index in [-0.39, 0.29) is 23.0 Å². The summed E-state index contributed by atoms with van der Waals surface area (Å²) in [5.74, 6) is -4.93. The molecule has 2 aromatic rings. The highest BCUT2D eigenvalue weighted by molar-refractivity contribution is 8.00. The van der Waals surface area contributed by atoms with Crippen LogP contribution in [0.15, 0.2) is 28.2 Å². The van der Waals surface area contributed by atoms with Crippen molar-refractivity contribution in [3.05, 3.63) is 45.8 Å². The van der Waals surface area contributed by atoms with Crippen LogP contribution in [0.2, 0.25) is 0 Å². The molecular formula is C15H13F2N4O4S-. The Labute approximate surface area is 149 Å². The number of hydrogen-bond acceptors (Lipinski definition) is 7. The first kappa shape index (κ1) is 19.4. The molecule has 26 heavy (non-hydrogen) atoms. The van der Waals surface area contributed by atoms with Gasteiger partial charge in [0.2, 0.25) is 0 Å². The van der Waals surface area contributed by atoms with Crippen LogP contribution in [0.4, 0.5) is 20.3 Å². The number of H-pyrrole nitrogens is 1. The Morgan fingerprint density at radius 3 is 2.62 bits per heavy atom. The first-order valence-electron chi connectivity index (χ1n) is 7.26. The molecule has 1 atom stereocenters. The van der Waals surface area contributed by atoms with Crippen molar-refractivity contribution in [1.82, 2.24) is 9.97 Å². The highest BCUT2D eigenvalue weighted by Gasteiger charge is 2.17. The molecule has 0 unspecified atom stereocenters. The normalized spacial score (nSPS) is 11.8. The molecule has 0 spiro atoms. The van der Waals surface area contributed by atoms with E-state index in [0.29, 0.717) is 6.07 Å². The lowest BCUT2D eigenvalue weighted by molar-refractivity contribution is -0.304. The van der Waals surface area contributed by atoms with Crippen LogP contribution in [-0.2, 0) is 4.79 Å². The Hall–Kier alpha value is -2.95. The van der Waals surface area contributed by atoms with Crippen LogP contribution in [0.1, 0.15) is 23.7 Å². The third-order valence-electron chi connectivity index (χ3n) is 3.23. The van der Waals surface area contributed by atoms with Gasteiger partial charge in [-0.05, 0) is 24.6 Å². The van der Waals surface area contributed by atoms with E-state index in [0.717, 1.165) is 23.9 Å². The maximum Gasteiger partial charge on any atom is 0.277 e. The summed E-state index contributed by atoms with van der Waals surface area (Å²) in [6, 6.07) is 2.46. The van der Waals surface area contributed by atoms with E-state index in [1.807, 2.05) is 0 Å². The fourth-order valence-electron chi connectivity index (χ4n) is 1.90. The largest absolute Gasteiger partial charge is 0.549 e. The maximum absolute atomic E-state index is 13.2. The van der Waals surface area contributed by atoms with Gasteiger partial charge in [-0.2, -0.15) is 0 Å². The zero-order chi connectivity index (χ0) is 19.4. The van der Waals surface area contributed by atoms with Gasteiger partial charge < -0.3 is 21.0 Å². The van der Waals surface area contributed by atoms with Crippen molar-refractivity contribution in [2.24, 2.45) is 0 Å². The predicted molar refractivity (Wildman–Crippen MR) is 88.5 cm³/mol. The topological polar surface area (TPSA) is 141 Å². The quantitative estimate of drug-likeness (QED) is 0.487. The van der Waals surface area contributed by atoms with Gasteiger partial charge in [-0.25, -0.2) is 13.8 Å². The molecule has 0 bridgehead atoms. The fourth-order valence-corrected chi connectivity index (χ4v) is 2.74. The van der Waals surface area contributed by atoms with E-state index in [1.54, 1.807) is 6.92 Å². The Kier molecular flexibility index (Phi) is 5.93. The van der Waals surface area contributed by atoms with Crippen molar-refractivity contribution < 1.29 is 23.5 Å². The summed E-state index contributed by atoms with van der Waals surface area (Å²) in [6.45, 7) is 1.62. The molecule has 2 rings (SSSR count). The molecule has 0 radical (unpaired) electrons. The molecule has 0 fully saturated rings. The van der Waals surface area contributed by atoms with Crippen LogP contribution in [0.3, 0.4) is 0 Å². The highest BCUT2D eigenvalue weighted by atomic mass is 32.2. The standard InChI is InChI=1S/C15H14F2N4O4S/c1-2-9(14(24)25)26-15-20-11(18)10(13(23)21-15)19-12(22)6-3-4-7(16)8(17)5-6/h3-5,9H,2H2,1H3,(H,19,22)(H,24,25)(H3,18,20,21,23)/p-1/t9-/m0/s1. The van der Waals surface area contributed by atoms with Gasteiger partial charge >= 0.3 is 0 Å². The number of carbonyl (C=O) groups excluding carboxylic acids is 2. The Morgan fingerprint density at radius 1 is 1.38 bits per heavy atom. The number of carbonyl (C=O) groups is 2. The summed E-state index contributed by atoms with van der Waals surface area (Å²) in [5.41, 5.74) is 4.18. The van der Waals surface area contributed by atoms with Crippen LogP contribution in [0, 0.1) is 11.6 Å². The number of nitrogens with one attached hydrogen (secondary N) is 2. The number of benzene rings is 1. The van der Waals surface area contributed by atoms with Gasteiger partial charge in [0.05, 0.1) is 11.2 Å². The number of carboxylic acid groups (broad SMARTS) is 1. The molecule has 138 valence electrons. The second-order valence-electron chi connectivity index (χ2n) is 5.05. The van der Waals surface area contributed by atoms with Gasteiger partial charge in [0.25, 0.3) is 11.5 Å². The number of nitrogens with zero attached hydrogens (tertiary/aromatic N) is 1. The number of aliphatic carboxylic acids is 1. The predicted octanol–water partition coefficient (Wildman–Crippen LogP) is 0.503. The molecule has 1 heterocycles. The summed E-state index contributed by atoms with van der Waals surface area (Å²) in [4.78, 5) is 41.2. The van der Waals surface area contributed by atoms with E-state index in [2.05, 4.69) is 15.3 Å². The van der Waals surface area contributed by atoms with Crippen molar-refractivity contribution >= 4 is 35.1 Å². The molecule has 0 aliphatic rings. The fraction of sp³-hybridized carbons (Fsp3) is 0.200. The van der Waals surface area contributed by atoms with Crippen molar-refractivity contribution in [3.63, 3.8) is 0 Å². The number of carboxylic acids is 1. The molecule has 0 aliphatic heterocycles. The van der Waals surface area contributed by atoms with Gasteiger partial charge in [0, 0.05) is 5.56 Å². The smallest absolute Gasteiger partial charge is 0.277 e. The molecular weight excluding hydrogens is 370 g/mol. The first-order chi connectivity index (χ1) is 12.2. The van der Waals surface area contributed by atoms with Crippen LogP contribution < -0.4 is 21.7 Å². The number of thioether (sulfide) groups is 1. The average Bonchev–Trinajstić information content (AvgIpc) is 2.57. The number of nitrogens with two attached hydrogens (primary N) is 1. The van der Waals surface area contributed by atoms with E-state index < -0.39 is 40.0 Å². The summed E-state index contributed by atoms with van der Waals surface area (Å²) in [6.07, 6.45) is 0.227. The Balaban J connectivity index is 2.25. The van der Waals surface area contributed by atoms with Crippen molar-refractivity contribution in [2.45, 2.75) is 23.8 Å². The summed E-state index contributed by atoms with van der Waals surface area (Å²) in [7, 11) is 0. The Bertz CT molecular complexity index is 919. The lowest BCUT2D eigenvalue weighted by atomic mass is 10.2. The number of aromatic nitrogens is 2. The third-order valence-corrected chi connectivity index (χ3v) is 4.46. The van der Waals surface area contributed by atoms with Crippen LogP contribution in [0.25, 0.3) is 0 Å². The summed E-state index contributed by atoms with van der Waals surface area (Å²) >= 11 is 0.740. The average molecular weight is 383 g/mol. The zero-order valence-corrected chi connectivity index (χ0v) is 14.2. The van der Waals surface area contributed by atoms with Crippen molar-refractivity contribution in [1.29, 1.82) is 0 Å². The molecule has 0 saturated carbocycles. The maximum atomic E-state index is 13.2. The molecule has 1 amide bonds. The van der Waals surface area contributed by atoms with E-state index in [9.17, 15) is 28.3 Å². The minimum absolute atomic E-state index is 0.0608. The molecule has 4 N–H and O–H groups in total. The number of anilines is 2. The highest BCUT2D eigenvalue weighted by Crippen LogP contribution is 2.23. The number of rotatable bonds is 6. The third kappa shape index (κ3) is 4.36. The summed E-state index contributed by atoms with van der Waals surface area (Å²) < 4.78 is 26.1. The van der Waals surface area contributed by atoms with E-state index in [4.69, 9.17) is 5.73 Å². The molecule has 0 aliphatic carbocycles. The second-order valence-corrected chi connectivity index (χ2v) is 6.24. The summed E-state index contributed by atoms with van der Waals surface area (Å²) in [5, 5.41) is 12.1. The second kappa shape index (κ2) is 7.95. The van der Waals surface area contributed by atoms with E-state index in [1.165, 1.54) is 0 Å². The lowest BCUT2D eigenvalue weighted by Gasteiger charge is -2.15. The van der Waals surface area contributed by atoms with Crippen molar-refractivity contribution in [3.8, 4) is 0 Å². The van der Waals surface area contributed by atoms with Gasteiger partial charge in [-0.15, -0.1) is 0 Å². The number of aromatic amines is 1. The minimum atomic E-state index is -1.32. The van der Waals surface area contributed by atoms with Crippen LogP contribution in [0.5, 0.6) is 0 Å². The van der Waals surface area contributed by atoms with E-state index >= 15 is 0 Å². The van der Waals surface area contributed by atoms with Crippen LogP contribution in [-0.4, -0.2) is 27.1 Å². The number of hydrogen-bond donors (Lipinski definition) is 3. The number of amides is 1.